The maximum absolute atomic E-state index is 14.5. The highest BCUT2D eigenvalue weighted by Crippen LogP contribution is 2.40. The third kappa shape index (κ3) is 5.26. The molecule has 0 aromatic heterocycles. The van der Waals surface area contributed by atoms with Crippen molar-refractivity contribution in [3.05, 3.63) is 94.8 Å². The predicted octanol–water partition coefficient (Wildman–Crippen LogP) is 7.47. The molecule has 3 aromatic carbocycles. The van der Waals surface area contributed by atoms with Crippen LogP contribution in [0, 0.1) is 5.82 Å². The van der Waals surface area contributed by atoms with Crippen molar-refractivity contribution in [2.45, 2.75) is 44.3 Å². The van der Waals surface area contributed by atoms with Crippen molar-refractivity contribution in [3.63, 3.8) is 0 Å². The lowest BCUT2D eigenvalue weighted by Gasteiger charge is -2.44. The first-order valence-electron chi connectivity index (χ1n) is 12.4. The summed E-state index contributed by atoms with van der Waals surface area (Å²) in [6, 6.07) is 14.0. The Bertz CT molecular complexity index is 1360. The van der Waals surface area contributed by atoms with E-state index in [0.717, 1.165) is 29.8 Å². The average molecular weight is 552 g/mol. The highest BCUT2D eigenvalue weighted by molar-refractivity contribution is 5.95. The standard InChI is InChI=1S/C28H24F7N3O/c29-23-10-5-9-22(28(33,34)35)25(23)36-14-12-20(13-15-36)37-17-19-7-2-4-11-24(19)38(26(37)39)16-18-6-1-3-8-21(18)27(30,31)32/h1-11,20H,12-17H2. The van der Waals surface area contributed by atoms with Gasteiger partial charge in [-0.2, -0.15) is 26.3 Å². The monoisotopic (exact) mass is 551 g/mol. The molecule has 0 spiro atoms. The lowest BCUT2D eigenvalue weighted by Crippen LogP contribution is -2.54. The maximum atomic E-state index is 14.5. The van der Waals surface area contributed by atoms with Crippen molar-refractivity contribution in [1.82, 2.24) is 4.90 Å². The van der Waals surface area contributed by atoms with Crippen LogP contribution in [0.1, 0.15) is 35.1 Å². The van der Waals surface area contributed by atoms with Crippen molar-refractivity contribution in [1.29, 1.82) is 0 Å². The average Bonchev–Trinajstić information content (AvgIpc) is 2.89. The summed E-state index contributed by atoms with van der Waals surface area (Å²) in [5.41, 5.74) is -1.19. The van der Waals surface area contributed by atoms with Crippen LogP contribution in [0.2, 0.25) is 0 Å². The second kappa shape index (κ2) is 10.1. The van der Waals surface area contributed by atoms with Crippen LogP contribution in [-0.4, -0.2) is 30.1 Å². The number of urea groups is 1. The number of anilines is 2. The van der Waals surface area contributed by atoms with E-state index in [1.807, 2.05) is 0 Å². The largest absolute Gasteiger partial charge is 0.418 e. The van der Waals surface area contributed by atoms with Crippen molar-refractivity contribution in [3.8, 4) is 0 Å². The van der Waals surface area contributed by atoms with Crippen LogP contribution in [0.15, 0.2) is 66.7 Å². The van der Waals surface area contributed by atoms with Crippen molar-refractivity contribution >= 4 is 17.4 Å². The molecule has 1 saturated heterocycles. The van der Waals surface area contributed by atoms with Crippen LogP contribution in [-0.2, 0) is 25.4 Å². The number of amides is 2. The van der Waals surface area contributed by atoms with Gasteiger partial charge in [0.05, 0.1) is 29.0 Å². The van der Waals surface area contributed by atoms with E-state index in [4.69, 9.17) is 0 Å². The van der Waals surface area contributed by atoms with Gasteiger partial charge in [-0.25, -0.2) is 9.18 Å². The predicted molar refractivity (Wildman–Crippen MR) is 132 cm³/mol. The third-order valence-corrected chi connectivity index (χ3v) is 7.26. The molecule has 206 valence electrons. The molecule has 3 aromatic rings. The quantitative estimate of drug-likeness (QED) is 0.315. The molecule has 0 atom stereocenters. The number of alkyl halides is 6. The second-order valence-electron chi connectivity index (χ2n) is 9.63. The number of piperidine rings is 1. The highest BCUT2D eigenvalue weighted by Gasteiger charge is 2.40. The number of rotatable bonds is 4. The first-order valence-corrected chi connectivity index (χ1v) is 12.4. The summed E-state index contributed by atoms with van der Waals surface area (Å²) in [4.78, 5) is 17.9. The molecule has 2 aliphatic rings. The molecule has 0 N–H and O–H groups in total. The number of halogens is 7. The number of benzene rings is 3. The van der Waals surface area contributed by atoms with Gasteiger partial charge >= 0.3 is 18.4 Å². The Balaban J connectivity index is 1.39. The van der Waals surface area contributed by atoms with Crippen LogP contribution >= 0.6 is 0 Å². The second-order valence-corrected chi connectivity index (χ2v) is 9.63. The van der Waals surface area contributed by atoms with Gasteiger partial charge in [-0.15, -0.1) is 0 Å². The molecular formula is C28H24F7N3O. The normalized spacial score (nSPS) is 17.0. The summed E-state index contributed by atoms with van der Waals surface area (Å²) in [5.74, 6) is -0.972. The molecule has 2 aliphatic heterocycles. The molecule has 2 heterocycles. The molecular weight excluding hydrogens is 527 g/mol. The van der Waals surface area contributed by atoms with E-state index >= 15 is 0 Å². The van der Waals surface area contributed by atoms with Gasteiger partial charge in [0.1, 0.15) is 5.82 Å². The zero-order chi connectivity index (χ0) is 27.9. The summed E-state index contributed by atoms with van der Waals surface area (Å²) < 4.78 is 96.1. The first kappa shape index (κ1) is 26.8. The minimum Gasteiger partial charge on any atom is -0.369 e. The zero-order valence-electron chi connectivity index (χ0n) is 20.6. The van der Waals surface area contributed by atoms with E-state index in [1.54, 1.807) is 29.2 Å². The molecule has 39 heavy (non-hydrogen) atoms. The molecule has 0 bridgehead atoms. The van der Waals surface area contributed by atoms with E-state index in [2.05, 4.69) is 0 Å². The number of carbonyl (C=O) groups is 1. The van der Waals surface area contributed by atoms with E-state index in [9.17, 15) is 35.5 Å². The molecule has 1 fully saturated rings. The van der Waals surface area contributed by atoms with Crippen LogP contribution < -0.4 is 9.80 Å². The highest BCUT2D eigenvalue weighted by atomic mass is 19.4. The lowest BCUT2D eigenvalue weighted by molar-refractivity contribution is -0.138. The molecule has 2 amide bonds. The molecule has 0 aliphatic carbocycles. The topological polar surface area (TPSA) is 26.8 Å². The lowest BCUT2D eigenvalue weighted by atomic mass is 9.98. The molecule has 0 saturated carbocycles. The Morgan fingerprint density at radius 1 is 0.769 bits per heavy atom. The molecule has 5 rings (SSSR count). The Morgan fingerprint density at radius 3 is 2.08 bits per heavy atom. The Hall–Kier alpha value is -3.76. The Labute approximate surface area is 220 Å². The van der Waals surface area contributed by atoms with Crippen molar-refractivity contribution < 1.29 is 35.5 Å². The van der Waals surface area contributed by atoms with Crippen LogP contribution in [0.5, 0.6) is 0 Å². The summed E-state index contributed by atoms with van der Waals surface area (Å²) in [6.45, 7) is 0.0731. The van der Waals surface area contributed by atoms with Crippen LogP contribution in [0.3, 0.4) is 0 Å². The van der Waals surface area contributed by atoms with E-state index in [-0.39, 0.29) is 50.6 Å². The fourth-order valence-corrected chi connectivity index (χ4v) is 5.43. The van der Waals surface area contributed by atoms with Gasteiger partial charge in [-0.1, -0.05) is 42.5 Å². The molecule has 4 nitrogen and oxygen atoms in total. The van der Waals surface area contributed by atoms with Crippen molar-refractivity contribution in [2.24, 2.45) is 0 Å². The Morgan fingerprint density at radius 2 is 1.38 bits per heavy atom. The van der Waals surface area contributed by atoms with Crippen LogP contribution in [0.4, 0.5) is 46.9 Å². The van der Waals surface area contributed by atoms with E-state index < -0.39 is 41.0 Å². The van der Waals surface area contributed by atoms with Gasteiger partial charge < -0.3 is 9.80 Å². The van der Waals surface area contributed by atoms with Gasteiger partial charge in [0.15, 0.2) is 0 Å². The summed E-state index contributed by atoms with van der Waals surface area (Å²) in [6.07, 6.45) is -8.78. The molecule has 0 radical (unpaired) electrons. The van der Waals surface area contributed by atoms with Crippen molar-refractivity contribution in [2.75, 3.05) is 22.9 Å². The van der Waals surface area contributed by atoms with Gasteiger partial charge in [-0.05, 0) is 48.2 Å². The third-order valence-electron chi connectivity index (χ3n) is 7.26. The summed E-state index contributed by atoms with van der Waals surface area (Å²) in [7, 11) is 0. The summed E-state index contributed by atoms with van der Waals surface area (Å²) in [5, 5.41) is 0. The minimum absolute atomic E-state index is 0.0518. The van der Waals surface area contributed by atoms with Crippen LogP contribution in [0.25, 0.3) is 0 Å². The summed E-state index contributed by atoms with van der Waals surface area (Å²) >= 11 is 0. The Kier molecular flexibility index (Phi) is 6.94. The number of fused-ring (bicyclic) bond motifs is 1. The number of nitrogens with zero attached hydrogens (tertiary/aromatic N) is 3. The maximum Gasteiger partial charge on any atom is 0.418 e. The zero-order valence-corrected chi connectivity index (χ0v) is 20.6. The minimum atomic E-state index is -4.73. The van der Waals surface area contributed by atoms with E-state index in [0.29, 0.717) is 5.69 Å². The fourth-order valence-electron chi connectivity index (χ4n) is 5.43. The van der Waals surface area contributed by atoms with Gasteiger partial charge in [-0.3, -0.25) is 4.90 Å². The number of carbonyl (C=O) groups excluding carboxylic acids is 1. The fraction of sp³-hybridized carbons (Fsp3) is 0.321. The first-order chi connectivity index (χ1) is 18.4. The number of para-hydroxylation sites is 2. The van der Waals surface area contributed by atoms with E-state index in [1.165, 1.54) is 28.0 Å². The number of hydrogen-bond donors (Lipinski definition) is 0. The van der Waals surface area contributed by atoms with Gasteiger partial charge in [0, 0.05) is 25.7 Å². The SMILES string of the molecule is O=C1N(Cc2ccccc2C(F)(F)F)c2ccccc2CN1C1CCN(c2c(F)cccc2C(F)(F)F)CC1. The number of hydrogen-bond acceptors (Lipinski definition) is 2. The molecule has 0 unspecified atom stereocenters. The van der Waals surface area contributed by atoms with Gasteiger partial charge in [0.25, 0.3) is 0 Å². The molecule has 11 heteroatoms. The smallest absolute Gasteiger partial charge is 0.369 e. The van der Waals surface area contributed by atoms with Gasteiger partial charge in [0.2, 0.25) is 0 Å².